The number of benzene rings is 3. The quantitative estimate of drug-likeness (QED) is 0.294. The molecule has 4 rings (SSSR count). The van der Waals surface area contributed by atoms with Crippen molar-refractivity contribution in [1.29, 1.82) is 0 Å². The maximum Gasteiger partial charge on any atom is 0.261 e. The number of aliphatic hydroxyl groups is 1. The molecule has 1 aliphatic heterocycles. The number of hydrogen-bond acceptors (Lipinski definition) is 8. The molecule has 2 N–H and O–H groups in total. The Bertz CT molecular complexity index is 1540. The molecule has 0 saturated carbocycles. The summed E-state index contributed by atoms with van der Waals surface area (Å²) in [5, 5.41) is 10.2. The third-order valence-corrected chi connectivity index (χ3v) is 9.86. The molecule has 47 heavy (non-hydrogen) atoms. The molecule has 0 bridgehead atoms. The summed E-state index contributed by atoms with van der Waals surface area (Å²) in [6.07, 6.45) is 2.14. The normalized spacial score (nSPS) is 20.5. The predicted octanol–water partition coefficient (Wildman–Crippen LogP) is 5.42. The molecule has 1 heterocycles. The summed E-state index contributed by atoms with van der Waals surface area (Å²) in [4.78, 5) is 18.3. The molecule has 3 aromatic carbocycles. The van der Waals surface area contributed by atoms with Gasteiger partial charge in [0.1, 0.15) is 11.5 Å². The molecule has 0 aliphatic carbocycles. The van der Waals surface area contributed by atoms with E-state index < -0.39 is 16.1 Å². The number of anilines is 1. The standard InChI is InChI=1S/C36H49N3O7S/c1-26-22-39(27(2)25-40)36(41)33-21-30(37-47(42,43)32-12-7-6-8-13-32)16-19-34(33)46-28(3)11-9-10-20-45-35(26)24-38(4)23-29-14-17-31(44-5)18-15-29/h6-8,12-19,21,26-28,35,37,40H,9-11,20,22-25H2,1-5H3/t26-,27-,28-,35+/m1/s1. The lowest BCUT2D eigenvalue weighted by atomic mass is 10.0. The third-order valence-electron chi connectivity index (χ3n) is 8.46. The minimum atomic E-state index is -3.89. The van der Waals surface area contributed by atoms with Crippen LogP contribution in [0.4, 0.5) is 5.69 Å². The smallest absolute Gasteiger partial charge is 0.261 e. The Morgan fingerprint density at radius 2 is 1.79 bits per heavy atom. The SMILES string of the molecule is COc1ccc(CN(C)C[C@@H]2OCCCC[C@@H](C)Oc3ccc(NS(=O)(=O)c4ccccc4)cc3C(=O)N([C@H](C)CO)C[C@H]2C)cc1. The Kier molecular flexibility index (Phi) is 13.1. The third kappa shape index (κ3) is 10.2. The number of sulfonamides is 1. The summed E-state index contributed by atoms with van der Waals surface area (Å²) in [7, 11) is -0.185. The van der Waals surface area contributed by atoms with Gasteiger partial charge in [0.2, 0.25) is 0 Å². The summed E-state index contributed by atoms with van der Waals surface area (Å²) >= 11 is 0. The van der Waals surface area contributed by atoms with E-state index in [4.69, 9.17) is 14.2 Å². The van der Waals surface area contributed by atoms with Crippen molar-refractivity contribution >= 4 is 21.6 Å². The van der Waals surface area contributed by atoms with E-state index in [2.05, 4.69) is 23.6 Å². The number of ether oxygens (including phenoxy) is 3. The highest BCUT2D eigenvalue weighted by atomic mass is 32.2. The largest absolute Gasteiger partial charge is 0.497 e. The van der Waals surface area contributed by atoms with Gasteiger partial charge in [-0.2, -0.15) is 0 Å². The number of rotatable bonds is 10. The van der Waals surface area contributed by atoms with E-state index >= 15 is 0 Å². The van der Waals surface area contributed by atoms with E-state index in [9.17, 15) is 18.3 Å². The molecule has 0 radical (unpaired) electrons. The number of fused-ring (bicyclic) bond motifs is 1. The Balaban J connectivity index is 1.62. The van der Waals surface area contributed by atoms with Crippen LogP contribution in [0.1, 0.15) is 56.0 Å². The van der Waals surface area contributed by atoms with Crippen molar-refractivity contribution in [1.82, 2.24) is 9.80 Å². The highest BCUT2D eigenvalue weighted by Crippen LogP contribution is 2.29. The number of methoxy groups -OCH3 is 1. The van der Waals surface area contributed by atoms with Crippen LogP contribution in [-0.2, 0) is 21.3 Å². The van der Waals surface area contributed by atoms with E-state index in [1.807, 2.05) is 31.2 Å². The second-order valence-electron chi connectivity index (χ2n) is 12.5. The molecule has 0 fully saturated rings. The van der Waals surface area contributed by atoms with Gasteiger partial charge >= 0.3 is 0 Å². The van der Waals surface area contributed by atoms with Crippen LogP contribution >= 0.6 is 0 Å². The van der Waals surface area contributed by atoms with Crippen molar-refractivity contribution in [2.75, 3.05) is 45.2 Å². The zero-order valence-electron chi connectivity index (χ0n) is 28.1. The Hall–Kier alpha value is -3.64. The molecule has 256 valence electrons. The van der Waals surface area contributed by atoms with Gasteiger partial charge in [-0.15, -0.1) is 0 Å². The van der Waals surface area contributed by atoms with Crippen LogP contribution in [0.25, 0.3) is 0 Å². The summed E-state index contributed by atoms with van der Waals surface area (Å²) in [6, 6.07) is 20.3. The van der Waals surface area contributed by atoms with E-state index in [0.717, 1.165) is 37.1 Å². The molecule has 0 unspecified atom stereocenters. The average molecular weight is 668 g/mol. The summed E-state index contributed by atoms with van der Waals surface area (Å²) in [6.45, 7) is 7.84. The molecule has 1 amide bonds. The number of carbonyl (C=O) groups excluding carboxylic acids is 1. The van der Waals surface area contributed by atoms with Crippen LogP contribution in [0.15, 0.2) is 77.7 Å². The fraction of sp³-hybridized carbons (Fsp3) is 0.472. The van der Waals surface area contributed by atoms with Crippen molar-refractivity contribution in [3.05, 3.63) is 83.9 Å². The fourth-order valence-corrected chi connectivity index (χ4v) is 6.75. The van der Waals surface area contributed by atoms with Crippen LogP contribution in [0.2, 0.25) is 0 Å². The topological polar surface area (TPSA) is 118 Å². The minimum absolute atomic E-state index is 0.0859. The molecule has 0 aromatic heterocycles. The zero-order chi connectivity index (χ0) is 34.0. The Labute approximate surface area is 279 Å². The second kappa shape index (κ2) is 17.0. The molecule has 4 atom stereocenters. The molecule has 10 nitrogen and oxygen atoms in total. The van der Waals surface area contributed by atoms with Gasteiger partial charge in [-0.3, -0.25) is 14.4 Å². The molecular formula is C36H49N3O7S. The van der Waals surface area contributed by atoms with Gasteiger partial charge in [-0.25, -0.2) is 8.42 Å². The van der Waals surface area contributed by atoms with Crippen LogP contribution in [0, 0.1) is 5.92 Å². The molecular weight excluding hydrogens is 618 g/mol. The zero-order valence-corrected chi connectivity index (χ0v) is 28.9. The van der Waals surface area contributed by atoms with Gasteiger partial charge in [0.15, 0.2) is 0 Å². The number of likely N-dealkylation sites (N-methyl/N-ethyl adjacent to an activating group) is 1. The van der Waals surface area contributed by atoms with Crippen LogP contribution in [0.5, 0.6) is 11.5 Å². The molecule has 0 spiro atoms. The van der Waals surface area contributed by atoms with Crippen molar-refractivity contribution in [3.8, 4) is 11.5 Å². The first-order valence-electron chi connectivity index (χ1n) is 16.2. The Morgan fingerprint density at radius 3 is 2.47 bits per heavy atom. The maximum absolute atomic E-state index is 14.4. The lowest BCUT2D eigenvalue weighted by molar-refractivity contribution is -0.0177. The van der Waals surface area contributed by atoms with Crippen molar-refractivity contribution < 1.29 is 32.5 Å². The first-order valence-corrected chi connectivity index (χ1v) is 17.7. The number of nitrogens with one attached hydrogen (secondary N) is 1. The second-order valence-corrected chi connectivity index (χ2v) is 14.2. The predicted molar refractivity (Wildman–Crippen MR) is 183 cm³/mol. The summed E-state index contributed by atoms with van der Waals surface area (Å²) in [5.74, 6) is 0.738. The van der Waals surface area contributed by atoms with Crippen molar-refractivity contribution in [3.63, 3.8) is 0 Å². The molecule has 11 heteroatoms. The van der Waals surface area contributed by atoms with Gasteiger partial charge in [-0.05, 0) is 88.2 Å². The van der Waals surface area contributed by atoms with Crippen molar-refractivity contribution in [2.45, 2.75) is 69.7 Å². The maximum atomic E-state index is 14.4. The number of carbonyl (C=O) groups is 1. The number of amides is 1. The average Bonchev–Trinajstić information content (AvgIpc) is 3.06. The Morgan fingerprint density at radius 1 is 1.06 bits per heavy atom. The van der Waals surface area contributed by atoms with Gasteiger partial charge in [0.25, 0.3) is 15.9 Å². The number of hydrogen-bond donors (Lipinski definition) is 2. The lowest BCUT2D eigenvalue weighted by Gasteiger charge is -2.36. The van der Waals surface area contributed by atoms with Gasteiger partial charge in [0, 0.05) is 37.8 Å². The van der Waals surface area contributed by atoms with E-state index in [1.54, 1.807) is 49.3 Å². The van der Waals surface area contributed by atoms with E-state index in [1.165, 1.54) is 18.2 Å². The van der Waals surface area contributed by atoms with Crippen molar-refractivity contribution in [2.24, 2.45) is 5.92 Å². The van der Waals surface area contributed by atoms with Gasteiger partial charge in [-0.1, -0.05) is 37.3 Å². The van der Waals surface area contributed by atoms with Gasteiger partial charge in [0.05, 0.1) is 42.4 Å². The van der Waals surface area contributed by atoms with Crippen LogP contribution < -0.4 is 14.2 Å². The van der Waals surface area contributed by atoms with Crippen LogP contribution in [0.3, 0.4) is 0 Å². The first-order chi connectivity index (χ1) is 22.5. The summed E-state index contributed by atoms with van der Waals surface area (Å²) < 4.78 is 46.9. The van der Waals surface area contributed by atoms with E-state index in [-0.39, 0.29) is 46.8 Å². The molecule has 1 aliphatic rings. The first kappa shape index (κ1) is 36.2. The monoisotopic (exact) mass is 667 g/mol. The van der Waals surface area contributed by atoms with E-state index in [0.29, 0.717) is 25.4 Å². The highest BCUT2D eigenvalue weighted by molar-refractivity contribution is 7.92. The number of nitrogens with zero attached hydrogens (tertiary/aromatic N) is 2. The van der Waals surface area contributed by atoms with Gasteiger partial charge < -0.3 is 24.2 Å². The van der Waals surface area contributed by atoms with Crippen LogP contribution in [-0.4, -0.2) is 87.9 Å². The fourth-order valence-electron chi connectivity index (χ4n) is 5.68. The minimum Gasteiger partial charge on any atom is -0.497 e. The molecule has 0 saturated heterocycles. The highest BCUT2D eigenvalue weighted by Gasteiger charge is 2.30. The summed E-state index contributed by atoms with van der Waals surface area (Å²) in [5.41, 5.74) is 1.62. The lowest BCUT2D eigenvalue weighted by Crippen LogP contribution is -2.47. The number of aliphatic hydroxyl groups excluding tert-OH is 1. The molecule has 3 aromatic rings.